The molecule has 1 aromatic carbocycles. The topological polar surface area (TPSA) is 122 Å². The maximum Gasteiger partial charge on any atom is 0.252 e. The van der Waals surface area contributed by atoms with Crippen molar-refractivity contribution >= 4 is 29.7 Å². The minimum absolute atomic E-state index is 0.0805. The van der Waals surface area contributed by atoms with E-state index in [1.54, 1.807) is 25.1 Å². The van der Waals surface area contributed by atoms with Gasteiger partial charge in [0.15, 0.2) is 0 Å². The zero-order valence-electron chi connectivity index (χ0n) is 14.1. The van der Waals surface area contributed by atoms with Gasteiger partial charge in [0.1, 0.15) is 12.3 Å². The lowest BCUT2D eigenvalue weighted by atomic mass is 10.1. The van der Waals surface area contributed by atoms with E-state index in [0.717, 1.165) is 0 Å². The smallest absolute Gasteiger partial charge is 0.252 e. The Labute approximate surface area is 145 Å². The van der Waals surface area contributed by atoms with Crippen LogP contribution in [0, 0.1) is 6.92 Å². The van der Waals surface area contributed by atoms with Crippen LogP contribution in [0.5, 0.6) is 0 Å². The van der Waals surface area contributed by atoms with Crippen LogP contribution in [0.25, 0.3) is 0 Å². The number of benzene rings is 1. The van der Waals surface area contributed by atoms with Gasteiger partial charge in [-0.2, -0.15) is 0 Å². The molecule has 0 aliphatic carbocycles. The summed E-state index contributed by atoms with van der Waals surface area (Å²) in [5.41, 5.74) is 7.35. The average molecular weight is 346 g/mol. The van der Waals surface area contributed by atoms with E-state index in [2.05, 4.69) is 10.6 Å². The first kappa shape index (κ1) is 18.4. The predicted molar refractivity (Wildman–Crippen MR) is 91.7 cm³/mol. The fraction of sp³-hybridized carbons (Fsp3) is 0.412. The fourth-order valence-corrected chi connectivity index (χ4v) is 2.85. The highest BCUT2D eigenvalue weighted by Crippen LogP contribution is 2.18. The first-order valence-corrected chi connectivity index (χ1v) is 8.09. The molecule has 1 saturated heterocycles. The Morgan fingerprint density at radius 3 is 2.80 bits per heavy atom. The molecule has 0 saturated carbocycles. The van der Waals surface area contributed by atoms with Gasteiger partial charge in [0.05, 0.1) is 13.1 Å². The Balaban J connectivity index is 1.95. The Morgan fingerprint density at radius 1 is 1.32 bits per heavy atom. The number of carbonyl (C=O) groups excluding carboxylic acids is 4. The van der Waals surface area contributed by atoms with Gasteiger partial charge >= 0.3 is 0 Å². The van der Waals surface area contributed by atoms with Gasteiger partial charge in [0.25, 0.3) is 5.91 Å². The molecule has 2 rings (SSSR count). The molecule has 1 aromatic rings. The van der Waals surface area contributed by atoms with E-state index in [-0.39, 0.29) is 30.8 Å². The van der Waals surface area contributed by atoms with Crippen LogP contribution in [-0.2, 0) is 14.4 Å². The number of hydrogen-bond donors (Lipinski definition) is 3. The summed E-state index contributed by atoms with van der Waals surface area (Å²) in [7, 11) is 0. The van der Waals surface area contributed by atoms with Crippen LogP contribution in [0.2, 0.25) is 0 Å². The van der Waals surface area contributed by atoms with E-state index >= 15 is 0 Å². The number of nitrogens with zero attached hydrogens (tertiary/aromatic N) is 1. The minimum atomic E-state index is -0.599. The van der Waals surface area contributed by atoms with E-state index in [0.29, 0.717) is 42.5 Å². The van der Waals surface area contributed by atoms with Crippen molar-refractivity contribution in [2.45, 2.75) is 25.8 Å². The molecule has 0 unspecified atom stereocenters. The van der Waals surface area contributed by atoms with Crippen molar-refractivity contribution in [3.05, 3.63) is 29.3 Å². The number of carbonyl (C=O) groups is 4. The van der Waals surface area contributed by atoms with Crippen LogP contribution in [0.15, 0.2) is 18.2 Å². The molecular weight excluding hydrogens is 324 g/mol. The van der Waals surface area contributed by atoms with Crippen LogP contribution in [0.4, 0.5) is 5.69 Å². The standard InChI is InChI=1S/C17H22N4O4/c1-11-12(4-2-5-13(11)18)16(24)20-10-15(23)21-8-3-6-14(21)17(25)19-7-9-22/h2,4-5,9,14H,3,6-8,10,18H2,1H3,(H,19,25)(H,20,24)/t14-/m0/s1. The van der Waals surface area contributed by atoms with E-state index in [1.165, 1.54) is 4.90 Å². The SMILES string of the molecule is Cc1c(N)cccc1C(=O)NCC(=O)N1CCC[C@H]1C(=O)NCC=O. The fourth-order valence-electron chi connectivity index (χ4n) is 2.85. The molecule has 1 aliphatic heterocycles. The van der Waals surface area contributed by atoms with Crippen molar-refractivity contribution < 1.29 is 19.2 Å². The number of nitrogen functional groups attached to an aromatic ring is 1. The average Bonchev–Trinajstić information content (AvgIpc) is 3.09. The number of nitrogens with one attached hydrogen (secondary N) is 2. The van der Waals surface area contributed by atoms with Gasteiger partial charge in [0, 0.05) is 17.8 Å². The number of likely N-dealkylation sites (tertiary alicyclic amines) is 1. The molecule has 8 heteroatoms. The Bertz CT molecular complexity index is 689. The summed E-state index contributed by atoms with van der Waals surface area (Å²) >= 11 is 0. The van der Waals surface area contributed by atoms with Crippen molar-refractivity contribution in [1.82, 2.24) is 15.5 Å². The summed E-state index contributed by atoms with van der Waals surface area (Å²) in [6.45, 7) is 1.90. The Hall–Kier alpha value is -2.90. The number of nitrogens with two attached hydrogens (primary N) is 1. The highest BCUT2D eigenvalue weighted by atomic mass is 16.2. The quantitative estimate of drug-likeness (QED) is 0.478. The number of amides is 3. The van der Waals surface area contributed by atoms with Crippen LogP contribution >= 0.6 is 0 Å². The second-order valence-electron chi connectivity index (χ2n) is 5.86. The van der Waals surface area contributed by atoms with E-state index < -0.39 is 6.04 Å². The normalized spacial score (nSPS) is 16.4. The summed E-state index contributed by atoms with van der Waals surface area (Å²) in [4.78, 5) is 48.4. The van der Waals surface area contributed by atoms with Crippen LogP contribution in [0.1, 0.15) is 28.8 Å². The number of aldehydes is 1. The van der Waals surface area contributed by atoms with Crippen LogP contribution in [0.3, 0.4) is 0 Å². The number of rotatable bonds is 6. The predicted octanol–water partition coefficient (Wildman–Crippen LogP) is -0.387. The monoisotopic (exact) mass is 346 g/mol. The largest absolute Gasteiger partial charge is 0.398 e. The molecule has 1 heterocycles. The van der Waals surface area contributed by atoms with Gasteiger partial charge in [-0.1, -0.05) is 6.07 Å². The van der Waals surface area contributed by atoms with E-state index in [4.69, 9.17) is 5.73 Å². The molecule has 1 fully saturated rings. The van der Waals surface area contributed by atoms with Gasteiger partial charge in [-0.15, -0.1) is 0 Å². The Morgan fingerprint density at radius 2 is 2.08 bits per heavy atom. The van der Waals surface area contributed by atoms with E-state index in [1.807, 2.05) is 0 Å². The molecule has 1 atom stereocenters. The molecule has 25 heavy (non-hydrogen) atoms. The molecule has 0 aromatic heterocycles. The second kappa shape index (κ2) is 8.27. The molecular formula is C17H22N4O4. The molecule has 8 nitrogen and oxygen atoms in total. The minimum Gasteiger partial charge on any atom is -0.398 e. The van der Waals surface area contributed by atoms with Crippen LogP contribution < -0.4 is 16.4 Å². The molecule has 4 N–H and O–H groups in total. The third-order valence-corrected chi connectivity index (χ3v) is 4.26. The lowest BCUT2D eigenvalue weighted by Gasteiger charge is -2.23. The summed E-state index contributed by atoms with van der Waals surface area (Å²) in [5, 5.41) is 5.03. The maximum absolute atomic E-state index is 12.4. The van der Waals surface area contributed by atoms with Gasteiger partial charge in [0.2, 0.25) is 11.8 Å². The molecule has 0 radical (unpaired) electrons. The van der Waals surface area contributed by atoms with E-state index in [9.17, 15) is 19.2 Å². The summed E-state index contributed by atoms with van der Waals surface area (Å²) < 4.78 is 0. The summed E-state index contributed by atoms with van der Waals surface area (Å²) in [6.07, 6.45) is 1.83. The van der Waals surface area contributed by atoms with Gasteiger partial charge in [-0.05, 0) is 37.5 Å². The third-order valence-electron chi connectivity index (χ3n) is 4.26. The Kier molecular flexibility index (Phi) is 6.10. The van der Waals surface area contributed by atoms with Crippen molar-refractivity contribution in [1.29, 1.82) is 0 Å². The van der Waals surface area contributed by atoms with Crippen molar-refractivity contribution in [2.24, 2.45) is 0 Å². The lowest BCUT2D eigenvalue weighted by Crippen LogP contribution is -2.49. The van der Waals surface area contributed by atoms with Crippen LogP contribution in [-0.4, -0.2) is 54.6 Å². The molecule has 0 bridgehead atoms. The lowest BCUT2D eigenvalue weighted by molar-refractivity contribution is -0.137. The molecule has 0 spiro atoms. The first-order chi connectivity index (χ1) is 12.0. The number of hydrogen-bond acceptors (Lipinski definition) is 5. The van der Waals surface area contributed by atoms with Gasteiger partial charge in [-0.3, -0.25) is 14.4 Å². The maximum atomic E-state index is 12.4. The number of anilines is 1. The zero-order valence-corrected chi connectivity index (χ0v) is 14.1. The van der Waals surface area contributed by atoms with Crippen molar-refractivity contribution in [3.63, 3.8) is 0 Å². The summed E-state index contributed by atoms with van der Waals surface area (Å²) in [6, 6.07) is 4.41. The highest BCUT2D eigenvalue weighted by Gasteiger charge is 2.33. The van der Waals surface area contributed by atoms with Gasteiger partial charge in [-0.25, -0.2) is 0 Å². The molecule has 3 amide bonds. The van der Waals surface area contributed by atoms with Crippen molar-refractivity contribution in [2.75, 3.05) is 25.4 Å². The summed E-state index contributed by atoms with van der Waals surface area (Å²) in [5.74, 6) is -1.08. The molecule has 134 valence electrons. The van der Waals surface area contributed by atoms with Crippen molar-refractivity contribution in [3.8, 4) is 0 Å². The van der Waals surface area contributed by atoms with Gasteiger partial charge < -0.3 is 26.1 Å². The molecule has 1 aliphatic rings. The first-order valence-electron chi connectivity index (χ1n) is 8.09. The zero-order chi connectivity index (χ0) is 18.4. The second-order valence-corrected chi connectivity index (χ2v) is 5.86. The third kappa shape index (κ3) is 4.34. The highest BCUT2D eigenvalue weighted by molar-refractivity contribution is 5.99.